The molecule has 1 N–H and O–H groups in total. The SMILES string of the molecule is Cc1cc([N+](=O)[O-])c(Cl)cc1N(C)CC1CCCCN1. The van der Waals surface area contributed by atoms with Crippen LogP contribution in [-0.2, 0) is 0 Å². The van der Waals surface area contributed by atoms with Crippen LogP contribution >= 0.6 is 11.6 Å². The number of hydrogen-bond acceptors (Lipinski definition) is 4. The Morgan fingerprint density at radius 2 is 2.25 bits per heavy atom. The van der Waals surface area contributed by atoms with Gasteiger partial charge in [-0.1, -0.05) is 18.0 Å². The Morgan fingerprint density at radius 3 is 2.85 bits per heavy atom. The first kappa shape index (κ1) is 15.1. The highest BCUT2D eigenvalue weighted by molar-refractivity contribution is 6.33. The van der Waals surface area contributed by atoms with Crippen LogP contribution in [0.25, 0.3) is 0 Å². The van der Waals surface area contributed by atoms with Gasteiger partial charge < -0.3 is 10.2 Å². The van der Waals surface area contributed by atoms with E-state index in [0.29, 0.717) is 6.04 Å². The molecular weight excluding hydrogens is 278 g/mol. The van der Waals surface area contributed by atoms with E-state index in [2.05, 4.69) is 10.2 Å². The number of nitro benzene ring substituents is 1. The number of piperidine rings is 1. The van der Waals surface area contributed by atoms with Crippen molar-refractivity contribution in [3.8, 4) is 0 Å². The summed E-state index contributed by atoms with van der Waals surface area (Å²) in [5, 5.41) is 14.6. The third-order valence-electron chi connectivity index (χ3n) is 3.78. The molecule has 1 aromatic rings. The van der Waals surface area contributed by atoms with Gasteiger partial charge in [-0.3, -0.25) is 10.1 Å². The van der Waals surface area contributed by atoms with Crippen molar-refractivity contribution in [2.75, 3.05) is 25.0 Å². The summed E-state index contributed by atoms with van der Waals surface area (Å²) in [7, 11) is 2.00. The van der Waals surface area contributed by atoms with Gasteiger partial charge in [-0.2, -0.15) is 0 Å². The average molecular weight is 298 g/mol. The Morgan fingerprint density at radius 1 is 1.50 bits per heavy atom. The molecule has 1 fully saturated rings. The van der Waals surface area contributed by atoms with Crippen molar-refractivity contribution in [1.29, 1.82) is 0 Å². The third-order valence-corrected chi connectivity index (χ3v) is 4.08. The highest BCUT2D eigenvalue weighted by Crippen LogP contribution is 2.32. The van der Waals surface area contributed by atoms with Crippen LogP contribution in [0.4, 0.5) is 11.4 Å². The zero-order valence-corrected chi connectivity index (χ0v) is 12.6. The van der Waals surface area contributed by atoms with Crippen LogP contribution < -0.4 is 10.2 Å². The number of benzene rings is 1. The second-order valence-electron chi connectivity index (χ2n) is 5.37. The number of nitro groups is 1. The van der Waals surface area contributed by atoms with Crippen molar-refractivity contribution < 1.29 is 4.92 Å². The van der Waals surface area contributed by atoms with Gasteiger partial charge in [-0.25, -0.2) is 0 Å². The molecule has 5 nitrogen and oxygen atoms in total. The van der Waals surface area contributed by atoms with Gasteiger partial charge in [0.15, 0.2) is 0 Å². The van der Waals surface area contributed by atoms with Gasteiger partial charge in [-0.15, -0.1) is 0 Å². The van der Waals surface area contributed by atoms with Crippen LogP contribution in [0, 0.1) is 17.0 Å². The van der Waals surface area contributed by atoms with Gasteiger partial charge >= 0.3 is 0 Å². The molecule has 110 valence electrons. The minimum Gasteiger partial charge on any atom is -0.373 e. The van der Waals surface area contributed by atoms with Gasteiger partial charge in [-0.05, 0) is 37.9 Å². The Balaban J connectivity index is 2.14. The molecule has 0 amide bonds. The molecule has 1 aliphatic rings. The Labute approximate surface area is 124 Å². The minimum absolute atomic E-state index is 0.0305. The Kier molecular flexibility index (Phi) is 4.83. The maximum absolute atomic E-state index is 10.9. The lowest BCUT2D eigenvalue weighted by molar-refractivity contribution is -0.384. The standard InChI is InChI=1S/C14H20ClN3O2/c1-10-7-14(18(19)20)12(15)8-13(10)17(2)9-11-5-3-4-6-16-11/h7-8,11,16H,3-6,9H2,1-2H3. The highest BCUT2D eigenvalue weighted by Gasteiger charge is 2.19. The van der Waals surface area contributed by atoms with E-state index in [0.717, 1.165) is 24.3 Å². The molecule has 1 saturated heterocycles. The summed E-state index contributed by atoms with van der Waals surface area (Å²) in [4.78, 5) is 12.5. The number of rotatable bonds is 4. The first-order chi connectivity index (χ1) is 9.49. The fourth-order valence-corrected chi connectivity index (χ4v) is 2.94. The van der Waals surface area contributed by atoms with E-state index < -0.39 is 4.92 Å². The molecule has 2 rings (SSSR count). The zero-order chi connectivity index (χ0) is 14.7. The summed E-state index contributed by atoms with van der Waals surface area (Å²) >= 11 is 6.00. The number of anilines is 1. The van der Waals surface area contributed by atoms with E-state index >= 15 is 0 Å². The van der Waals surface area contributed by atoms with Crippen LogP contribution in [0.5, 0.6) is 0 Å². The predicted molar refractivity (Wildman–Crippen MR) is 81.8 cm³/mol. The quantitative estimate of drug-likeness (QED) is 0.685. The Bertz CT molecular complexity index is 501. The van der Waals surface area contributed by atoms with Crippen molar-refractivity contribution in [1.82, 2.24) is 5.32 Å². The number of nitrogens with zero attached hydrogens (tertiary/aromatic N) is 2. The fourth-order valence-electron chi connectivity index (χ4n) is 2.72. The molecule has 20 heavy (non-hydrogen) atoms. The van der Waals surface area contributed by atoms with E-state index in [-0.39, 0.29) is 10.7 Å². The molecule has 1 aliphatic heterocycles. The van der Waals surface area contributed by atoms with Crippen LogP contribution in [0.3, 0.4) is 0 Å². The molecule has 0 spiro atoms. The van der Waals surface area contributed by atoms with Crippen molar-refractivity contribution in [3.05, 3.63) is 32.8 Å². The van der Waals surface area contributed by atoms with Crippen LogP contribution in [-0.4, -0.2) is 31.1 Å². The molecule has 0 saturated carbocycles. The van der Waals surface area contributed by atoms with Crippen molar-refractivity contribution in [2.24, 2.45) is 0 Å². The molecule has 1 heterocycles. The second kappa shape index (κ2) is 6.41. The fraction of sp³-hybridized carbons (Fsp3) is 0.571. The van der Waals surface area contributed by atoms with E-state index in [9.17, 15) is 10.1 Å². The third kappa shape index (κ3) is 3.41. The molecule has 6 heteroatoms. The number of hydrogen-bond donors (Lipinski definition) is 1. The minimum atomic E-state index is -0.443. The van der Waals surface area contributed by atoms with Gasteiger partial charge in [0.25, 0.3) is 5.69 Å². The zero-order valence-electron chi connectivity index (χ0n) is 11.9. The second-order valence-corrected chi connectivity index (χ2v) is 5.78. The summed E-state index contributed by atoms with van der Waals surface area (Å²) < 4.78 is 0. The van der Waals surface area contributed by atoms with E-state index in [4.69, 9.17) is 11.6 Å². The first-order valence-corrected chi connectivity index (χ1v) is 7.26. The summed E-state index contributed by atoms with van der Waals surface area (Å²) in [5.74, 6) is 0. The van der Waals surface area contributed by atoms with Gasteiger partial charge in [0.1, 0.15) is 5.02 Å². The normalized spacial score (nSPS) is 18.9. The summed E-state index contributed by atoms with van der Waals surface area (Å²) in [6.45, 7) is 3.83. The van der Waals surface area contributed by atoms with E-state index in [1.165, 1.54) is 19.3 Å². The smallest absolute Gasteiger partial charge is 0.288 e. The molecule has 1 atom stereocenters. The molecule has 0 aliphatic carbocycles. The van der Waals surface area contributed by atoms with Gasteiger partial charge in [0.2, 0.25) is 0 Å². The largest absolute Gasteiger partial charge is 0.373 e. The summed E-state index contributed by atoms with van der Waals surface area (Å²) in [6, 6.07) is 3.71. The predicted octanol–water partition coefficient (Wildman–Crippen LogP) is 3.13. The summed E-state index contributed by atoms with van der Waals surface area (Å²) in [6.07, 6.45) is 3.66. The van der Waals surface area contributed by atoms with E-state index in [1.54, 1.807) is 12.1 Å². The molecular formula is C14H20ClN3O2. The van der Waals surface area contributed by atoms with Crippen molar-refractivity contribution >= 4 is 23.0 Å². The first-order valence-electron chi connectivity index (χ1n) is 6.88. The average Bonchev–Trinajstić information content (AvgIpc) is 2.41. The number of likely N-dealkylation sites (N-methyl/N-ethyl adjacent to an activating group) is 1. The highest BCUT2D eigenvalue weighted by atomic mass is 35.5. The summed E-state index contributed by atoms with van der Waals surface area (Å²) in [5.41, 5.74) is 1.80. The molecule has 0 bridgehead atoms. The monoisotopic (exact) mass is 297 g/mol. The van der Waals surface area contributed by atoms with Crippen LogP contribution in [0.1, 0.15) is 24.8 Å². The topological polar surface area (TPSA) is 58.4 Å². The molecule has 1 aromatic carbocycles. The maximum Gasteiger partial charge on any atom is 0.288 e. The maximum atomic E-state index is 10.9. The lowest BCUT2D eigenvalue weighted by atomic mass is 10.0. The lowest BCUT2D eigenvalue weighted by Crippen LogP contribution is -2.42. The van der Waals surface area contributed by atoms with Crippen molar-refractivity contribution in [2.45, 2.75) is 32.2 Å². The molecule has 0 aromatic heterocycles. The van der Waals surface area contributed by atoms with Gasteiger partial charge in [0, 0.05) is 31.4 Å². The van der Waals surface area contributed by atoms with Crippen LogP contribution in [0.2, 0.25) is 5.02 Å². The molecule has 1 unspecified atom stereocenters. The number of halogens is 1. The van der Waals surface area contributed by atoms with Crippen LogP contribution in [0.15, 0.2) is 12.1 Å². The van der Waals surface area contributed by atoms with E-state index in [1.807, 2.05) is 14.0 Å². The lowest BCUT2D eigenvalue weighted by Gasteiger charge is -2.30. The number of nitrogens with one attached hydrogen (secondary N) is 1. The van der Waals surface area contributed by atoms with Crippen molar-refractivity contribution in [3.63, 3.8) is 0 Å². The van der Waals surface area contributed by atoms with Gasteiger partial charge in [0.05, 0.1) is 4.92 Å². The number of aryl methyl sites for hydroxylation is 1. The molecule has 0 radical (unpaired) electrons. The Hall–Kier alpha value is -1.33.